The fraction of sp³-hybridized carbons (Fsp3) is 0.737. The van der Waals surface area contributed by atoms with E-state index in [1.807, 2.05) is 38.9 Å². The van der Waals surface area contributed by atoms with Crippen molar-refractivity contribution in [3.8, 4) is 0 Å². The molecule has 0 radical (unpaired) electrons. The molecule has 1 fully saturated rings. The Morgan fingerprint density at radius 2 is 1.83 bits per heavy atom. The number of aromatic nitrogens is 2. The van der Waals surface area contributed by atoms with Crippen molar-refractivity contribution in [2.24, 2.45) is 0 Å². The number of anilines is 1. The molecule has 164 valence electrons. The van der Waals surface area contributed by atoms with Gasteiger partial charge in [-0.2, -0.15) is 17.0 Å². The second kappa shape index (κ2) is 9.82. The van der Waals surface area contributed by atoms with Crippen LogP contribution in [-0.4, -0.2) is 78.6 Å². The summed E-state index contributed by atoms with van der Waals surface area (Å²) in [6.45, 7) is 6.86. The van der Waals surface area contributed by atoms with Gasteiger partial charge in [-0.3, -0.25) is 4.79 Å². The van der Waals surface area contributed by atoms with E-state index < -0.39 is 16.3 Å². The topological polar surface area (TPSA) is 90.0 Å². The maximum Gasteiger partial charge on any atom is 0.282 e. The van der Waals surface area contributed by atoms with Gasteiger partial charge < -0.3 is 9.80 Å². The molecule has 2 heterocycles. The summed E-state index contributed by atoms with van der Waals surface area (Å²) in [6.07, 6.45) is 2.43. The van der Waals surface area contributed by atoms with Gasteiger partial charge in [0.25, 0.3) is 10.2 Å². The Hall–Kier alpha value is -1.78. The van der Waals surface area contributed by atoms with Crippen molar-refractivity contribution >= 4 is 21.9 Å². The van der Waals surface area contributed by atoms with Crippen molar-refractivity contribution in [1.82, 2.24) is 23.5 Å². The third-order valence-corrected chi connectivity index (χ3v) is 7.46. The first-order chi connectivity index (χ1) is 13.6. The minimum Gasteiger partial charge on any atom is -0.363 e. The first-order valence-corrected chi connectivity index (χ1v) is 11.5. The molecule has 1 aliphatic rings. The number of rotatable bonds is 8. The van der Waals surface area contributed by atoms with Gasteiger partial charge in [-0.05, 0) is 12.8 Å². The third kappa shape index (κ3) is 5.43. The van der Waals surface area contributed by atoms with Gasteiger partial charge in [0.15, 0.2) is 0 Å². The molecule has 1 aliphatic heterocycles. The van der Waals surface area contributed by atoms with Crippen molar-refractivity contribution in [2.75, 3.05) is 45.7 Å². The predicted molar refractivity (Wildman–Crippen MR) is 114 cm³/mol. The van der Waals surface area contributed by atoms with E-state index in [1.54, 1.807) is 16.3 Å². The van der Waals surface area contributed by atoms with Crippen LogP contribution in [0.3, 0.4) is 0 Å². The van der Waals surface area contributed by atoms with Gasteiger partial charge >= 0.3 is 0 Å². The Bertz CT molecular complexity index is 810. The second-order valence-corrected chi connectivity index (χ2v) is 9.44. The van der Waals surface area contributed by atoms with Crippen LogP contribution in [0.4, 0.5) is 5.82 Å². The Balaban J connectivity index is 2.48. The smallest absolute Gasteiger partial charge is 0.282 e. The molecule has 9 nitrogen and oxygen atoms in total. The van der Waals surface area contributed by atoms with Gasteiger partial charge in [0.05, 0.1) is 18.3 Å². The van der Waals surface area contributed by atoms with Gasteiger partial charge in [-0.1, -0.05) is 20.3 Å². The molecule has 29 heavy (non-hydrogen) atoms. The lowest BCUT2D eigenvalue weighted by atomic mass is 10.0. The van der Waals surface area contributed by atoms with Crippen LogP contribution in [0.2, 0.25) is 0 Å². The van der Waals surface area contributed by atoms with E-state index in [9.17, 15) is 13.2 Å². The van der Waals surface area contributed by atoms with Crippen LogP contribution in [-0.2, 0) is 21.5 Å². The van der Waals surface area contributed by atoms with Crippen molar-refractivity contribution in [1.29, 1.82) is 0 Å². The highest BCUT2D eigenvalue weighted by atomic mass is 32.2. The van der Waals surface area contributed by atoms with Crippen LogP contribution >= 0.6 is 0 Å². The number of hydrogen-bond acceptors (Lipinski definition) is 6. The van der Waals surface area contributed by atoms with E-state index in [0.717, 1.165) is 12.8 Å². The monoisotopic (exact) mass is 426 g/mol. The van der Waals surface area contributed by atoms with Crippen LogP contribution in [0.1, 0.15) is 57.6 Å². The zero-order valence-corrected chi connectivity index (χ0v) is 19.2. The summed E-state index contributed by atoms with van der Waals surface area (Å²) in [5.74, 6) is 1.14. The van der Waals surface area contributed by atoms with Crippen molar-refractivity contribution < 1.29 is 13.2 Å². The normalized spacial score (nSPS) is 18.1. The van der Waals surface area contributed by atoms with Gasteiger partial charge in [0.2, 0.25) is 5.91 Å². The first kappa shape index (κ1) is 23.5. The van der Waals surface area contributed by atoms with Gasteiger partial charge in [-0.15, -0.1) is 0 Å². The number of carbonyl (C=O) groups excluding carboxylic acids is 1. The number of carbonyl (C=O) groups is 1. The van der Waals surface area contributed by atoms with E-state index in [1.165, 1.54) is 11.2 Å². The Labute approximate surface area is 174 Å². The molecule has 0 saturated carbocycles. The largest absolute Gasteiger partial charge is 0.363 e. The fourth-order valence-corrected chi connectivity index (χ4v) is 5.28. The van der Waals surface area contributed by atoms with Crippen LogP contribution in [0.15, 0.2) is 6.07 Å². The Morgan fingerprint density at radius 3 is 2.38 bits per heavy atom. The third-order valence-electron chi connectivity index (χ3n) is 5.26. The Morgan fingerprint density at radius 1 is 1.17 bits per heavy atom. The van der Waals surface area contributed by atoms with Crippen molar-refractivity contribution in [2.45, 2.75) is 52.6 Å². The molecule has 10 heteroatoms. The summed E-state index contributed by atoms with van der Waals surface area (Å²) < 4.78 is 29.5. The van der Waals surface area contributed by atoms with Crippen LogP contribution < -0.4 is 4.90 Å². The maximum absolute atomic E-state index is 13.2. The zero-order chi connectivity index (χ0) is 21.8. The number of piperidine rings is 1. The molecule has 0 aromatic carbocycles. The SMILES string of the molecule is CCN(CC)S(=O)(=O)N1CCCC[C@H]1c1nc(CN(C)C(C)=O)cc(N(C)C)n1. The molecule has 1 aromatic heterocycles. The molecule has 1 amide bonds. The van der Waals surface area contributed by atoms with E-state index >= 15 is 0 Å². The van der Waals surface area contributed by atoms with E-state index in [2.05, 4.69) is 9.97 Å². The van der Waals surface area contributed by atoms with Crippen LogP contribution in [0.5, 0.6) is 0 Å². The molecule has 0 N–H and O–H groups in total. The lowest BCUT2D eigenvalue weighted by molar-refractivity contribution is -0.128. The zero-order valence-electron chi connectivity index (χ0n) is 18.4. The lowest BCUT2D eigenvalue weighted by Crippen LogP contribution is -2.47. The fourth-order valence-electron chi connectivity index (χ4n) is 3.45. The van der Waals surface area contributed by atoms with E-state index in [0.29, 0.717) is 49.9 Å². The van der Waals surface area contributed by atoms with E-state index in [-0.39, 0.29) is 5.91 Å². The minimum absolute atomic E-state index is 0.0556. The highest BCUT2D eigenvalue weighted by Crippen LogP contribution is 2.33. The quantitative estimate of drug-likeness (QED) is 0.628. The molecule has 0 bridgehead atoms. The average Bonchev–Trinajstić information content (AvgIpc) is 2.68. The van der Waals surface area contributed by atoms with Crippen LogP contribution in [0.25, 0.3) is 0 Å². The average molecular weight is 427 g/mol. The highest BCUT2D eigenvalue weighted by Gasteiger charge is 2.38. The molecule has 2 rings (SSSR count). The van der Waals surface area contributed by atoms with Crippen molar-refractivity contribution in [3.63, 3.8) is 0 Å². The van der Waals surface area contributed by atoms with Crippen molar-refractivity contribution in [3.05, 3.63) is 17.6 Å². The second-order valence-electron chi connectivity index (χ2n) is 7.56. The lowest BCUT2D eigenvalue weighted by Gasteiger charge is -2.37. The van der Waals surface area contributed by atoms with Gasteiger partial charge in [-0.25, -0.2) is 9.97 Å². The maximum atomic E-state index is 13.2. The van der Waals surface area contributed by atoms with Crippen LogP contribution in [0, 0.1) is 0 Å². The molecular formula is C19H34N6O3S. The van der Waals surface area contributed by atoms with E-state index in [4.69, 9.17) is 0 Å². The molecule has 1 saturated heterocycles. The Kier molecular flexibility index (Phi) is 7.95. The predicted octanol–water partition coefficient (Wildman–Crippen LogP) is 1.63. The highest BCUT2D eigenvalue weighted by molar-refractivity contribution is 7.86. The molecule has 1 aromatic rings. The minimum atomic E-state index is -3.60. The summed E-state index contributed by atoms with van der Waals surface area (Å²) in [6, 6.07) is 1.44. The summed E-state index contributed by atoms with van der Waals surface area (Å²) in [4.78, 5) is 24.5. The molecular weight excluding hydrogens is 392 g/mol. The first-order valence-electron chi connectivity index (χ1n) is 10.2. The van der Waals surface area contributed by atoms with Gasteiger partial charge in [0, 0.05) is 53.8 Å². The van der Waals surface area contributed by atoms with Gasteiger partial charge in [0.1, 0.15) is 11.6 Å². The molecule has 1 atom stereocenters. The summed E-state index contributed by atoms with van der Waals surface area (Å²) >= 11 is 0. The molecule has 0 aliphatic carbocycles. The number of nitrogens with zero attached hydrogens (tertiary/aromatic N) is 6. The number of amides is 1. The summed E-state index contributed by atoms with van der Waals surface area (Å²) in [7, 11) is 1.89. The standard InChI is InChI=1S/C19H34N6O3S/c1-7-24(8-2)29(27,28)25-12-10-9-11-17(25)19-20-16(14-23(6)15(3)26)13-18(21-19)22(4)5/h13,17H,7-12,14H2,1-6H3/t17-/m0/s1. The molecule has 0 spiro atoms. The summed E-state index contributed by atoms with van der Waals surface area (Å²) in [5.41, 5.74) is 0.696. The molecule has 0 unspecified atom stereocenters. The number of hydrogen-bond donors (Lipinski definition) is 0. The summed E-state index contributed by atoms with van der Waals surface area (Å²) in [5, 5.41) is 0.